The SMILES string of the molecule is CC(C)c1cc(Cl)nc(-c2cccc(OC(F)(F)F)c2)n1. The van der Waals surface area contributed by atoms with Crippen molar-refractivity contribution in [3.8, 4) is 17.1 Å². The van der Waals surface area contributed by atoms with Crippen LogP contribution >= 0.6 is 11.6 Å². The molecule has 0 atom stereocenters. The number of hydrogen-bond donors (Lipinski definition) is 0. The maximum atomic E-state index is 12.2. The van der Waals surface area contributed by atoms with E-state index in [2.05, 4.69) is 14.7 Å². The van der Waals surface area contributed by atoms with Gasteiger partial charge in [0.05, 0.1) is 0 Å². The fraction of sp³-hybridized carbons (Fsp3) is 0.286. The molecule has 3 nitrogen and oxygen atoms in total. The van der Waals surface area contributed by atoms with Crippen molar-refractivity contribution >= 4 is 11.6 Å². The summed E-state index contributed by atoms with van der Waals surface area (Å²) in [7, 11) is 0. The summed E-state index contributed by atoms with van der Waals surface area (Å²) in [5.41, 5.74) is 1.12. The summed E-state index contributed by atoms with van der Waals surface area (Å²) in [6.07, 6.45) is -4.74. The first-order chi connectivity index (χ1) is 9.74. The number of nitrogens with zero attached hydrogens (tertiary/aromatic N) is 2. The van der Waals surface area contributed by atoms with Crippen LogP contribution in [0, 0.1) is 0 Å². The average molecular weight is 317 g/mol. The molecule has 0 bridgehead atoms. The van der Waals surface area contributed by atoms with Gasteiger partial charge in [-0.05, 0) is 24.1 Å². The van der Waals surface area contributed by atoms with E-state index in [0.29, 0.717) is 11.3 Å². The van der Waals surface area contributed by atoms with Gasteiger partial charge < -0.3 is 4.74 Å². The van der Waals surface area contributed by atoms with Crippen molar-refractivity contribution in [2.45, 2.75) is 26.1 Å². The second-order valence-electron chi connectivity index (χ2n) is 4.67. The van der Waals surface area contributed by atoms with Crippen molar-refractivity contribution in [2.75, 3.05) is 0 Å². The molecule has 2 aromatic rings. The van der Waals surface area contributed by atoms with E-state index in [0.717, 1.165) is 0 Å². The summed E-state index contributed by atoms with van der Waals surface area (Å²) in [6, 6.07) is 7.11. The van der Waals surface area contributed by atoms with Crippen molar-refractivity contribution in [3.05, 3.63) is 41.2 Å². The van der Waals surface area contributed by atoms with Crippen molar-refractivity contribution < 1.29 is 17.9 Å². The fourth-order valence-electron chi connectivity index (χ4n) is 1.69. The molecule has 21 heavy (non-hydrogen) atoms. The smallest absolute Gasteiger partial charge is 0.406 e. The molecule has 0 aliphatic carbocycles. The van der Waals surface area contributed by atoms with E-state index in [-0.39, 0.29) is 22.6 Å². The molecule has 0 saturated carbocycles. The first kappa shape index (κ1) is 15.6. The second kappa shape index (κ2) is 5.89. The van der Waals surface area contributed by atoms with Crippen LogP contribution in [0.5, 0.6) is 5.75 Å². The zero-order valence-corrected chi connectivity index (χ0v) is 12.0. The lowest BCUT2D eigenvalue weighted by Gasteiger charge is -2.11. The highest BCUT2D eigenvalue weighted by Crippen LogP contribution is 2.28. The number of halogens is 4. The van der Waals surface area contributed by atoms with Crippen LogP contribution < -0.4 is 4.74 Å². The summed E-state index contributed by atoms with van der Waals surface area (Å²) >= 11 is 5.93. The molecule has 0 amide bonds. The normalized spacial score (nSPS) is 11.8. The Hall–Kier alpha value is -1.82. The maximum Gasteiger partial charge on any atom is 0.573 e. The van der Waals surface area contributed by atoms with E-state index >= 15 is 0 Å². The molecule has 0 N–H and O–H groups in total. The first-order valence-electron chi connectivity index (χ1n) is 6.15. The maximum absolute atomic E-state index is 12.2. The highest BCUT2D eigenvalue weighted by molar-refractivity contribution is 6.29. The summed E-state index contributed by atoms with van der Waals surface area (Å²) in [5, 5.41) is 0.242. The lowest BCUT2D eigenvalue weighted by Crippen LogP contribution is -2.17. The number of alkyl halides is 3. The van der Waals surface area contributed by atoms with Crippen molar-refractivity contribution in [1.29, 1.82) is 0 Å². The molecule has 112 valence electrons. The summed E-state index contributed by atoms with van der Waals surface area (Å²) in [4.78, 5) is 8.35. The Bertz CT molecular complexity index is 644. The third-order valence-corrected chi connectivity index (χ3v) is 2.83. The predicted molar refractivity (Wildman–Crippen MR) is 73.3 cm³/mol. The third-order valence-electron chi connectivity index (χ3n) is 2.63. The Morgan fingerprint density at radius 1 is 1.14 bits per heavy atom. The molecule has 0 saturated heterocycles. The molecule has 0 spiro atoms. The van der Waals surface area contributed by atoms with E-state index in [1.165, 1.54) is 18.2 Å². The minimum atomic E-state index is -4.74. The second-order valence-corrected chi connectivity index (χ2v) is 5.06. The minimum Gasteiger partial charge on any atom is -0.406 e. The summed E-state index contributed by atoms with van der Waals surface area (Å²) < 4.78 is 40.6. The fourth-order valence-corrected chi connectivity index (χ4v) is 1.88. The molecule has 1 heterocycles. The van der Waals surface area contributed by atoms with Crippen molar-refractivity contribution in [1.82, 2.24) is 9.97 Å². The van der Waals surface area contributed by atoms with Gasteiger partial charge in [0.15, 0.2) is 5.82 Å². The van der Waals surface area contributed by atoms with Crippen LogP contribution in [0.15, 0.2) is 30.3 Å². The van der Waals surface area contributed by atoms with Crippen LogP contribution in [0.1, 0.15) is 25.5 Å². The first-order valence-corrected chi connectivity index (χ1v) is 6.53. The Labute approximate surface area is 124 Å². The Balaban J connectivity index is 2.40. The number of ether oxygens (including phenoxy) is 1. The molecule has 0 aliphatic rings. The standard InChI is InChI=1S/C14H12ClF3N2O/c1-8(2)11-7-12(15)20-13(19-11)9-4-3-5-10(6-9)21-14(16,17)18/h3-8H,1-2H3. The Morgan fingerprint density at radius 2 is 1.86 bits per heavy atom. The molecule has 0 unspecified atom stereocenters. The molecule has 0 fully saturated rings. The minimum absolute atomic E-state index is 0.124. The molecular formula is C14H12ClF3N2O. The monoisotopic (exact) mass is 316 g/mol. The van der Waals surface area contributed by atoms with E-state index in [1.54, 1.807) is 12.1 Å². The van der Waals surface area contributed by atoms with Crippen LogP contribution in [0.3, 0.4) is 0 Å². The zero-order chi connectivity index (χ0) is 15.6. The van der Waals surface area contributed by atoms with Gasteiger partial charge in [0.2, 0.25) is 0 Å². The molecule has 0 radical (unpaired) electrons. The average Bonchev–Trinajstić information content (AvgIpc) is 2.36. The van der Waals surface area contributed by atoms with Crippen LogP contribution in [-0.4, -0.2) is 16.3 Å². The van der Waals surface area contributed by atoms with Crippen LogP contribution in [-0.2, 0) is 0 Å². The van der Waals surface area contributed by atoms with Crippen molar-refractivity contribution in [2.24, 2.45) is 0 Å². The van der Waals surface area contributed by atoms with Gasteiger partial charge in [-0.15, -0.1) is 13.2 Å². The van der Waals surface area contributed by atoms with Gasteiger partial charge in [0, 0.05) is 11.3 Å². The highest BCUT2D eigenvalue weighted by atomic mass is 35.5. The lowest BCUT2D eigenvalue weighted by atomic mass is 10.1. The van der Waals surface area contributed by atoms with Crippen LogP contribution in [0.25, 0.3) is 11.4 Å². The summed E-state index contributed by atoms with van der Waals surface area (Å²) in [5.74, 6) is 0.0624. The van der Waals surface area contributed by atoms with Crippen molar-refractivity contribution in [3.63, 3.8) is 0 Å². The zero-order valence-electron chi connectivity index (χ0n) is 11.3. The Morgan fingerprint density at radius 3 is 2.48 bits per heavy atom. The van der Waals surface area contributed by atoms with Gasteiger partial charge in [-0.1, -0.05) is 37.6 Å². The van der Waals surface area contributed by atoms with Crippen LogP contribution in [0.2, 0.25) is 5.15 Å². The number of hydrogen-bond acceptors (Lipinski definition) is 3. The molecule has 1 aromatic heterocycles. The lowest BCUT2D eigenvalue weighted by molar-refractivity contribution is -0.274. The van der Waals surface area contributed by atoms with Gasteiger partial charge in [0.25, 0.3) is 0 Å². The van der Waals surface area contributed by atoms with Gasteiger partial charge in [0.1, 0.15) is 10.9 Å². The molecule has 1 aromatic carbocycles. The molecule has 2 rings (SSSR count). The Kier molecular flexibility index (Phi) is 4.37. The van der Waals surface area contributed by atoms with Gasteiger partial charge in [-0.2, -0.15) is 0 Å². The van der Waals surface area contributed by atoms with E-state index in [1.807, 2.05) is 13.8 Å². The topological polar surface area (TPSA) is 35.0 Å². The third kappa shape index (κ3) is 4.32. The molecule has 0 aliphatic heterocycles. The van der Waals surface area contributed by atoms with Crippen LogP contribution in [0.4, 0.5) is 13.2 Å². The predicted octanol–water partition coefficient (Wildman–Crippen LogP) is 4.82. The quantitative estimate of drug-likeness (QED) is 0.761. The largest absolute Gasteiger partial charge is 0.573 e. The van der Waals surface area contributed by atoms with Gasteiger partial charge >= 0.3 is 6.36 Å². The van der Waals surface area contributed by atoms with E-state index in [4.69, 9.17) is 11.6 Å². The van der Waals surface area contributed by atoms with Gasteiger partial charge in [-0.25, -0.2) is 9.97 Å². The van der Waals surface area contributed by atoms with E-state index < -0.39 is 6.36 Å². The number of aromatic nitrogens is 2. The van der Waals surface area contributed by atoms with E-state index in [9.17, 15) is 13.2 Å². The van der Waals surface area contributed by atoms with Gasteiger partial charge in [-0.3, -0.25) is 0 Å². The number of benzene rings is 1. The summed E-state index contributed by atoms with van der Waals surface area (Å²) in [6.45, 7) is 3.87. The highest BCUT2D eigenvalue weighted by Gasteiger charge is 2.31. The molecular weight excluding hydrogens is 305 g/mol. The number of rotatable bonds is 3. The molecule has 7 heteroatoms.